The van der Waals surface area contributed by atoms with Gasteiger partial charge >= 0.3 is 0 Å². The molecule has 8 heteroatoms. The van der Waals surface area contributed by atoms with Gasteiger partial charge in [0.25, 0.3) is 0 Å². The molecule has 6 nitrogen and oxygen atoms in total. The first-order valence-electron chi connectivity index (χ1n) is 6.05. The maximum Gasteiger partial charge on any atom is 0.244 e. The van der Waals surface area contributed by atoms with Crippen molar-refractivity contribution in [3.63, 3.8) is 0 Å². The highest BCUT2D eigenvalue weighted by atomic mass is 33.1. The zero-order valence-corrected chi connectivity index (χ0v) is 13.2. The van der Waals surface area contributed by atoms with Crippen molar-refractivity contribution in [1.82, 2.24) is 11.0 Å². The molecule has 0 saturated carbocycles. The minimum atomic E-state index is -0.139. The summed E-state index contributed by atoms with van der Waals surface area (Å²) in [6.45, 7) is 2.08. The SMILES string of the molecule is CCCC(CC(=O)NOC)SSCCC(=O)NOC. The number of hydroxylamine groups is 2. The molecule has 0 fully saturated rings. The van der Waals surface area contributed by atoms with Gasteiger partial charge in [-0.3, -0.25) is 19.3 Å². The molecule has 0 spiro atoms. The van der Waals surface area contributed by atoms with E-state index in [1.165, 1.54) is 14.2 Å². The molecule has 0 heterocycles. The molecule has 0 aliphatic carbocycles. The van der Waals surface area contributed by atoms with E-state index in [1.54, 1.807) is 21.6 Å². The number of nitrogens with one attached hydrogen (secondary N) is 2. The van der Waals surface area contributed by atoms with Crippen LogP contribution in [0.1, 0.15) is 32.6 Å². The summed E-state index contributed by atoms with van der Waals surface area (Å²) in [5.41, 5.74) is 4.58. The standard InChI is InChI=1S/C11H22N2O4S2/c1-4-5-9(8-11(15)13-17-3)19-18-7-6-10(14)12-16-2/h9H,4-8H2,1-3H3,(H,12,14)(H,13,15). The van der Waals surface area contributed by atoms with Crippen LogP contribution in [0.15, 0.2) is 0 Å². The second-order valence-electron chi connectivity index (χ2n) is 3.74. The quantitative estimate of drug-likeness (QED) is 0.343. The lowest BCUT2D eigenvalue weighted by Crippen LogP contribution is -2.25. The summed E-state index contributed by atoms with van der Waals surface area (Å²) in [4.78, 5) is 31.7. The Hall–Kier alpha value is -0.440. The molecule has 0 aromatic carbocycles. The van der Waals surface area contributed by atoms with Crippen molar-refractivity contribution in [2.45, 2.75) is 37.9 Å². The summed E-state index contributed by atoms with van der Waals surface area (Å²) in [5, 5.41) is 0.232. The van der Waals surface area contributed by atoms with Crippen molar-refractivity contribution >= 4 is 33.4 Å². The normalized spacial score (nSPS) is 11.9. The summed E-state index contributed by atoms with van der Waals surface area (Å²) in [6, 6.07) is 0. The van der Waals surface area contributed by atoms with Crippen LogP contribution >= 0.6 is 21.6 Å². The van der Waals surface area contributed by atoms with Crippen LogP contribution < -0.4 is 11.0 Å². The molecular formula is C11H22N2O4S2. The maximum absolute atomic E-state index is 11.4. The number of hydrogen-bond acceptors (Lipinski definition) is 6. The fraction of sp³-hybridized carbons (Fsp3) is 0.818. The molecule has 0 aromatic rings. The number of amides is 2. The molecule has 0 saturated heterocycles. The highest BCUT2D eigenvalue weighted by Gasteiger charge is 2.14. The predicted octanol–water partition coefficient (Wildman–Crippen LogP) is 1.67. The molecule has 0 aliphatic heterocycles. The van der Waals surface area contributed by atoms with Crippen LogP contribution in [0, 0.1) is 0 Å². The van der Waals surface area contributed by atoms with Crippen LogP contribution in [0.25, 0.3) is 0 Å². The molecule has 112 valence electrons. The van der Waals surface area contributed by atoms with Crippen LogP contribution in [0.3, 0.4) is 0 Å². The highest BCUT2D eigenvalue weighted by Crippen LogP contribution is 2.32. The van der Waals surface area contributed by atoms with E-state index in [0.717, 1.165) is 12.8 Å². The maximum atomic E-state index is 11.4. The first kappa shape index (κ1) is 18.6. The second-order valence-corrected chi connectivity index (χ2v) is 6.53. The van der Waals surface area contributed by atoms with E-state index in [-0.39, 0.29) is 17.1 Å². The van der Waals surface area contributed by atoms with E-state index >= 15 is 0 Å². The molecule has 19 heavy (non-hydrogen) atoms. The molecule has 1 atom stereocenters. The summed E-state index contributed by atoms with van der Waals surface area (Å²) in [6.07, 6.45) is 2.79. The van der Waals surface area contributed by atoms with Crippen LogP contribution in [-0.4, -0.2) is 37.0 Å². The summed E-state index contributed by atoms with van der Waals surface area (Å²) in [7, 11) is 6.06. The van der Waals surface area contributed by atoms with Crippen molar-refractivity contribution in [2.24, 2.45) is 0 Å². The van der Waals surface area contributed by atoms with Crippen LogP contribution in [-0.2, 0) is 19.3 Å². The van der Waals surface area contributed by atoms with Crippen molar-refractivity contribution < 1.29 is 19.3 Å². The average Bonchev–Trinajstić information content (AvgIpc) is 2.35. The fourth-order valence-electron chi connectivity index (χ4n) is 1.31. The van der Waals surface area contributed by atoms with E-state index in [9.17, 15) is 9.59 Å². The van der Waals surface area contributed by atoms with Gasteiger partial charge < -0.3 is 0 Å². The van der Waals surface area contributed by atoms with E-state index in [2.05, 4.69) is 27.6 Å². The Bertz CT molecular complexity index is 267. The van der Waals surface area contributed by atoms with Crippen molar-refractivity contribution in [1.29, 1.82) is 0 Å². The summed E-state index contributed by atoms with van der Waals surface area (Å²) >= 11 is 0. The van der Waals surface area contributed by atoms with Crippen molar-refractivity contribution in [2.75, 3.05) is 20.0 Å². The number of rotatable bonds is 11. The first-order valence-corrected chi connectivity index (χ1v) is 8.44. The average molecular weight is 310 g/mol. The van der Waals surface area contributed by atoms with E-state index in [0.29, 0.717) is 18.6 Å². The third-order valence-electron chi connectivity index (χ3n) is 2.07. The molecule has 2 N–H and O–H groups in total. The summed E-state index contributed by atoms with van der Waals surface area (Å²) < 4.78 is 0. The molecule has 1 unspecified atom stereocenters. The van der Waals surface area contributed by atoms with Gasteiger partial charge in [0.05, 0.1) is 14.2 Å². The Morgan fingerprint density at radius 2 is 1.79 bits per heavy atom. The lowest BCUT2D eigenvalue weighted by Gasteiger charge is -2.14. The fourth-order valence-corrected chi connectivity index (χ4v) is 4.03. The smallest absolute Gasteiger partial charge is 0.244 e. The molecule has 2 amide bonds. The van der Waals surface area contributed by atoms with Gasteiger partial charge in [-0.15, -0.1) is 0 Å². The van der Waals surface area contributed by atoms with E-state index < -0.39 is 0 Å². The van der Waals surface area contributed by atoms with Gasteiger partial charge in [-0.2, -0.15) is 0 Å². The topological polar surface area (TPSA) is 76.7 Å². The van der Waals surface area contributed by atoms with Gasteiger partial charge in [0.1, 0.15) is 0 Å². The van der Waals surface area contributed by atoms with Crippen LogP contribution in [0.5, 0.6) is 0 Å². The van der Waals surface area contributed by atoms with Crippen molar-refractivity contribution in [3.8, 4) is 0 Å². The van der Waals surface area contributed by atoms with Gasteiger partial charge in [-0.05, 0) is 6.42 Å². The molecule has 0 radical (unpaired) electrons. The van der Waals surface area contributed by atoms with Gasteiger partial charge in [0.2, 0.25) is 11.8 Å². The number of carbonyl (C=O) groups excluding carboxylic acids is 2. The Balaban J connectivity index is 3.81. The van der Waals surface area contributed by atoms with Gasteiger partial charge in [0.15, 0.2) is 0 Å². The van der Waals surface area contributed by atoms with Gasteiger partial charge in [-0.1, -0.05) is 34.9 Å². The lowest BCUT2D eigenvalue weighted by atomic mass is 10.2. The third-order valence-corrected chi connectivity index (χ3v) is 4.98. The third kappa shape index (κ3) is 11.1. The van der Waals surface area contributed by atoms with Crippen molar-refractivity contribution in [3.05, 3.63) is 0 Å². The lowest BCUT2D eigenvalue weighted by molar-refractivity contribution is -0.131. The molecular weight excluding hydrogens is 288 g/mol. The highest BCUT2D eigenvalue weighted by molar-refractivity contribution is 8.76. The number of carbonyl (C=O) groups is 2. The Kier molecular flexibility index (Phi) is 12.3. The Labute approximate surface area is 122 Å². The van der Waals surface area contributed by atoms with Crippen LogP contribution in [0.4, 0.5) is 0 Å². The molecule has 0 aromatic heterocycles. The molecule has 0 aliphatic rings. The zero-order chi connectivity index (χ0) is 14.5. The largest absolute Gasteiger partial charge is 0.277 e. The summed E-state index contributed by atoms with van der Waals surface area (Å²) in [5.74, 6) is 0.428. The predicted molar refractivity (Wildman–Crippen MR) is 78.3 cm³/mol. The van der Waals surface area contributed by atoms with Gasteiger partial charge in [0, 0.05) is 23.8 Å². The van der Waals surface area contributed by atoms with Crippen LogP contribution in [0.2, 0.25) is 0 Å². The molecule has 0 bridgehead atoms. The number of hydrogen-bond donors (Lipinski definition) is 2. The second kappa shape index (κ2) is 12.6. The first-order chi connectivity index (χ1) is 9.13. The van der Waals surface area contributed by atoms with E-state index in [4.69, 9.17) is 0 Å². The van der Waals surface area contributed by atoms with Gasteiger partial charge in [-0.25, -0.2) is 11.0 Å². The Morgan fingerprint density at radius 1 is 1.16 bits per heavy atom. The minimum absolute atomic E-state index is 0.119. The van der Waals surface area contributed by atoms with E-state index in [1.807, 2.05) is 0 Å². The molecule has 0 rings (SSSR count). The minimum Gasteiger partial charge on any atom is -0.277 e. The zero-order valence-electron chi connectivity index (χ0n) is 11.6. The monoisotopic (exact) mass is 310 g/mol. The Morgan fingerprint density at radius 3 is 2.37 bits per heavy atom.